The van der Waals surface area contributed by atoms with Gasteiger partial charge < -0.3 is 5.11 Å². The Labute approximate surface area is 186 Å². The second kappa shape index (κ2) is 8.36. The van der Waals surface area contributed by atoms with Gasteiger partial charge >= 0.3 is 6.18 Å². The first-order valence-corrected chi connectivity index (χ1v) is 10.0. The molecule has 0 aliphatic carbocycles. The van der Waals surface area contributed by atoms with Crippen molar-refractivity contribution in [2.75, 3.05) is 0 Å². The quantitative estimate of drug-likeness (QED) is 0.353. The van der Waals surface area contributed by atoms with Crippen LogP contribution in [0.15, 0.2) is 67.0 Å². The normalized spacial score (nSPS) is 12.8. The lowest BCUT2D eigenvalue weighted by atomic mass is 9.85. The fourth-order valence-corrected chi connectivity index (χ4v) is 3.99. The zero-order chi connectivity index (χ0) is 22.2. The van der Waals surface area contributed by atoms with Crippen LogP contribution < -0.4 is 0 Å². The lowest BCUT2D eigenvalue weighted by molar-refractivity contribution is -0.137. The van der Waals surface area contributed by atoms with Gasteiger partial charge in [0, 0.05) is 46.4 Å². The summed E-state index contributed by atoms with van der Waals surface area (Å²) in [5.41, 5.74) is 0.775. The van der Waals surface area contributed by atoms with Crippen LogP contribution in [0.5, 0.6) is 5.75 Å². The molecule has 1 atom stereocenters. The lowest BCUT2D eigenvalue weighted by Crippen LogP contribution is -2.11. The van der Waals surface area contributed by atoms with Gasteiger partial charge in [0.05, 0.1) is 10.6 Å². The molecule has 158 valence electrons. The maximum atomic E-state index is 13.5. The molecule has 2 heterocycles. The van der Waals surface area contributed by atoms with Crippen LogP contribution >= 0.6 is 23.2 Å². The van der Waals surface area contributed by atoms with Crippen molar-refractivity contribution >= 4 is 34.1 Å². The van der Waals surface area contributed by atoms with Crippen LogP contribution in [0.25, 0.3) is 10.9 Å². The van der Waals surface area contributed by atoms with E-state index in [4.69, 9.17) is 23.2 Å². The fraction of sp³-hybridized carbons (Fsp3) is 0.130. The molecule has 0 spiro atoms. The maximum Gasteiger partial charge on any atom is 0.417 e. The van der Waals surface area contributed by atoms with Crippen molar-refractivity contribution in [3.8, 4) is 5.75 Å². The van der Waals surface area contributed by atoms with Gasteiger partial charge in [0.15, 0.2) is 0 Å². The molecule has 2 aromatic heterocycles. The summed E-state index contributed by atoms with van der Waals surface area (Å²) >= 11 is 11.9. The molecule has 0 saturated heterocycles. The molecule has 0 aliphatic rings. The van der Waals surface area contributed by atoms with Crippen LogP contribution in [0.3, 0.4) is 0 Å². The Morgan fingerprint density at radius 3 is 2.48 bits per heavy atom. The topological polar surface area (TPSA) is 46.0 Å². The van der Waals surface area contributed by atoms with E-state index in [9.17, 15) is 18.3 Å². The van der Waals surface area contributed by atoms with Gasteiger partial charge in [-0.1, -0.05) is 47.5 Å². The molecule has 31 heavy (non-hydrogen) atoms. The third-order valence-corrected chi connectivity index (χ3v) is 5.61. The van der Waals surface area contributed by atoms with E-state index in [-0.39, 0.29) is 17.2 Å². The van der Waals surface area contributed by atoms with E-state index in [0.717, 1.165) is 11.5 Å². The molecule has 2 aromatic carbocycles. The minimum Gasteiger partial charge on any atom is -0.505 e. The Bertz CT molecular complexity index is 1260. The Morgan fingerprint density at radius 1 is 0.935 bits per heavy atom. The predicted octanol–water partition coefficient (Wildman–Crippen LogP) is 7.04. The maximum absolute atomic E-state index is 13.5. The van der Waals surface area contributed by atoms with Gasteiger partial charge in [-0.3, -0.25) is 9.97 Å². The van der Waals surface area contributed by atoms with Gasteiger partial charge in [-0.15, -0.1) is 0 Å². The zero-order valence-electron chi connectivity index (χ0n) is 15.9. The predicted molar refractivity (Wildman–Crippen MR) is 115 cm³/mol. The van der Waals surface area contributed by atoms with Crippen LogP contribution in [0.1, 0.15) is 28.3 Å². The Kier molecular flexibility index (Phi) is 5.77. The highest BCUT2D eigenvalue weighted by Gasteiger charge is 2.34. The summed E-state index contributed by atoms with van der Waals surface area (Å²) in [6.07, 6.45) is -1.33. The molecule has 4 aromatic rings. The summed E-state index contributed by atoms with van der Waals surface area (Å²) in [6, 6.07) is 14.0. The van der Waals surface area contributed by atoms with Crippen molar-refractivity contribution in [3.63, 3.8) is 0 Å². The number of nitrogens with zero attached hydrogens (tertiary/aromatic N) is 2. The minimum absolute atomic E-state index is 0.0892. The highest BCUT2D eigenvalue weighted by Crippen LogP contribution is 2.41. The molecule has 0 saturated carbocycles. The molecular formula is C23H15Cl2F3N2O. The number of fused-ring (bicyclic) bond motifs is 1. The minimum atomic E-state index is -4.61. The van der Waals surface area contributed by atoms with E-state index in [2.05, 4.69) is 9.97 Å². The monoisotopic (exact) mass is 462 g/mol. The van der Waals surface area contributed by atoms with Crippen molar-refractivity contribution in [1.82, 2.24) is 9.97 Å². The fourth-order valence-electron chi connectivity index (χ4n) is 3.58. The second-order valence-electron chi connectivity index (χ2n) is 7.04. The number of phenolic OH excluding ortho intramolecular Hbond substituents is 1. The number of benzene rings is 2. The smallest absolute Gasteiger partial charge is 0.417 e. The summed E-state index contributed by atoms with van der Waals surface area (Å²) < 4.78 is 40.5. The molecule has 0 amide bonds. The molecule has 0 bridgehead atoms. The molecule has 3 nitrogen and oxygen atoms in total. The van der Waals surface area contributed by atoms with Crippen LogP contribution in [-0.2, 0) is 12.6 Å². The number of hydrogen-bond acceptors (Lipinski definition) is 3. The van der Waals surface area contributed by atoms with E-state index >= 15 is 0 Å². The van der Waals surface area contributed by atoms with Crippen LogP contribution in [-0.4, -0.2) is 15.1 Å². The summed E-state index contributed by atoms with van der Waals surface area (Å²) in [4.78, 5) is 8.50. The average molecular weight is 463 g/mol. The SMILES string of the molecule is Oc1c(C(Cc2cc(Cl)ccn2)c2ccc(Cl)c(C(F)(F)F)c2)ccc2cccnc12. The van der Waals surface area contributed by atoms with Gasteiger partial charge in [-0.25, -0.2) is 0 Å². The van der Waals surface area contributed by atoms with E-state index in [1.165, 1.54) is 18.3 Å². The largest absolute Gasteiger partial charge is 0.505 e. The number of aromatic hydroxyl groups is 1. The van der Waals surface area contributed by atoms with Crippen molar-refractivity contribution in [2.24, 2.45) is 0 Å². The van der Waals surface area contributed by atoms with Crippen LogP contribution in [0.2, 0.25) is 10.0 Å². The van der Waals surface area contributed by atoms with Gasteiger partial charge in [0.1, 0.15) is 11.3 Å². The van der Waals surface area contributed by atoms with Crippen LogP contribution in [0, 0.1) is 0 Å². The summed E-state index contributed by atoms with van der Waals surface area (Å²) in [5, 5.41) is 11.7. The first-order chi connectivity index (χ1) is 14.7. The van der Waals surface area contributed by atoms with E-state index < -0.39 is 17.7 Å². The van der Waals surface area contributed by atoms with E-state index in [0.29, 0.717) is 27.4 Å². The molecular weight excluding hydrogens is 448 g/mol. The average Bonchev–Trinajstić information content (AvgIpc) is 2.73. The van der Waals surface area contributed by atoms with Gasteiger partial charge in [-0.2, -0.15) is 13.2 Å². The highest BCUT2D eigenvalue weighted by atomic mass is 35.5. The van der Waals surface area contributed by atoms with Gasteiger partial charge in [0.25, 0.3) is 0 Å². The van der Waals surface area contributed by atoms with Crippen molar-refractivity contribution in [3.05, 3.63) is 99.4 Å². The van der Waals surface area contributed by atoms with Crippen molar-refractivity contribution in [2.45, 2.75) is 18.5 Å². The first kappa shape index (κ1) is 21.4. The van der Waals surface area contributed by atoms with E-state index in [1.54, 1.807) is 42.6 Å². The number of hydrogen-bond donors (Lipinski definition) is 1. The summed E-state index contributed by atoms with van der Waals surface area (Å²) in [5.74, 6) is -0.732. The third kappa shape index (κ3) is 4.45. The van der Waals surface area contributed by atoms with Crippen molar-refractivity contribution in [1.29, 1.82) is 0 Å². The first-order valence-electron chi connectivity index (χ1n) is 9.27. The number of rotatable bonds is 4. The molecule has 4 rings (SSSR count). The molecule has 8 heteroatoms. The van der Waals surface area contributed by atoms with Gasteiger partial charge in [-0.05, 0) is 35.9 Å². The van der Waals surface area contributed by atoms with Crippen molar-refractivity contribution < 1.29 is 18.3 Å². The number of aromatic nitrogens is 2. The standard InChI is InChI=1S/C23H15Cl2F3N2O/c24-15-7-9-29-16(11-15)12-18(14-4-6-20(25)19(10-14)23(26,27)28)17-5-3-13-2-1-8-30-21(13)22(17)31/h1-11,18,31H,12H2. The third-order valence-electron chi connectivity index (χ3n) is 5.04. The number of phenols is 1. The Morgan fingerprint density at radius 2 is 1.74 bits per heavy atom. The molecule has 1 unspecified atom stereocenters. The number of halogens is 5. The number of pyridine rings is 2. The van der Waals surface area contributed by atoms with Crippen LogP contribution in [0.4, 0.5) is 13.2 Å². The molecule has 1 N–H and O–H groups in total. The molecule has 0 fully saturated rings. The molecule has 0 radical (unpaired) electrons. The summed E-state index contributed by atoms with van der Waals surface area (Å²) in [7, 11) is 0. The second-order valence-corrected chi connectivity index (χ2v) is 7.88. The summed E-state index contributed by atoms with van der Waals surface area (Å²) in [6.45, 7) is 0. The van der Waals surface area contributed by atoms with Gasteiger partial charge in [0.2, 0.25) is 0 Å². The molecule has 0 aliphatic heterocycles. The lowest BCUT2D eigenvalue weighted by Gasteiger charge is -2.21. The van der Waals surface area contributed by atoms with E-state index in [1.807, 2.05) is 0 Å². The number of alkyl halides is 3. The zero-order valence-corrected chi connectivity index (χ0v) is 17.4. The highest BCUT2D eigenvalue weighted by molar-refractivity contribution is 6.31. The Hall–Kier alpha value is -2.83. The Balaban J connectivity index is 1.90.